The minimum absolute atomic E-state index is 0.0136. The van der Waals surface area contributed by atoms with E-state index >= 15 is 0 Å². The van der Waals surface area contributed by atoms with Crippen molar-refractivity contribution in [2.24, 2.45) is 0 Å². The minimum Gasteiger partial charge on any atom is -0.479 e. The van der Waals surface area contributed by atoms with Crippen molar-refractivity contribution in [3.63, 3.8) is 0 Å². The van der Waals surface area contributed by atoms with Gasteiger partial charge in [-0.1, -0.05) is 36.4 Å². The average Bonchev–Trinajstić information content (AvgIpc) is 2.45. The average molecular weight is 272 g/mol. The van der Waals surface area contributed by atoms with Crippen molar-refractivity contribution in [3.05, 3.63) is 70.1 Å². The van der Waals surface area contributed by atoms with E-state index in [1.54, 1.807) is 30.3 Å². The molecule has 1 aromatic carbocycles. The largest absolute Gasteiger partial charge is 0.479 e. The maximum atomic E-state index is 11.9. The summed E-state index contributed by atoms with van der Waals surface area (Å²) in [4.78, 5) is 36.7. The van der Waals surface area contributed by atoms with Crippen LogP contribution >= 0.6 is 0 Å². The molecule has 3 N–H and O–H groups in total. The lowest BCUT2D eigenvalue weighted by Crippen LogP contribution is -2.34. The van der Waals surface area contributed by atoms with Crippen molar-refractivity contribution in [2.45, 2.75) is 6.04 Å². The first-order valence-electron chi connectivity index (χ1n) is 5.86. The lowest BCUT2D eigenvalue weighted by Gasteiger charge is -2.14. The van der Waals surface area contributed by atoms with E-state index in [9.17, 15) is 19.5 Å². The van der Waals surface area contributed by atoms with E-state index in [1.807, 2.05) is 0 Å². The van der Waals surface area contributed by atoms with Gasteiger partial charge in [0.05, 0.1) is 0 Å². The van der Waals surface area contributed by atoms with Gasteiger partial charge in [0.1, 0.15) is 5.69 Å². The highest BCUT2D eigenvalue weighted by molar-refractivity contribution is 5.95. The molecule has 0 unspecified atom stereocenters. The van der Waals surface area contributed by atoms with Crippen LogP contribution in [-0.2, 0) is 4.79 Å². The normalized spacial score (nSPS) is 11.6. The summed E-state index contributed by atoms with van der Waals surface area (Å²) in [5.41, 5.74) is 0.0375. The molecule has 2 rings (SSSR count). The van der Waals surface area contributed by atoms with Gasteiger partial charge in [0, 0.05) is 6.07 Å². The molecule has 0 saturated heterocycles. The van der Waals surface area contributed by atoms with E-state index in [-0.39, 0.29) is 5.69 Å². The smallest absolute Gasteiger partial charge is 0.330 e. The van der Waals surface area contributed by atoms with Gasteiger partial charge in [0.25, 0.3) is 5.91 Å². The number of aliphatic carboxylic acids is 1. The topological polar surface area (TPSA) is 99.3 Å². The molecule has 20 heavy (non-hydrogen) atoms. The molecule has 0 bridgehead atoms. The summed E-state index contributed by atoms with van der Waals surface area (Å²) in [5, 5.41) is 11.6. The molecule has 0 saturated carbocycles. The number of carboxylic acid groups (broad SMARTS) is 1. The molecule has 0 radical (unpaired) electrons. The van der Waals surface area contributed by atoms with Crippen LogP contribution in [0.3, 0.4) is 0 Å². The summed E-state index contributed by atoms with van der Waals surface area (Å²) in [6, 6.07) is 11.2. The Morgan fingerprint density at radius 1 is 1.05 bits per heavy atom. The molecule has 1 aromatic heterocycles. The zero-order chi connectivity index (χ0) is 14.5. The zero-order valence-corrected chi connectivity index (χ0v) is 10.4. The van der Waals surface area contributed by atoms with Crippen molar-refractivity contribution in [2.75, 3.05) is 0 Å². The highest BCUT2D eigenvalue weighted by Gasteiger charge is 2.22. The number of H-pyrrole nitrogens is 1. The Bertz CT molecular complexity index is 679. The molecule has 0 aliphatic heterocycles. The number of pyridine rings is 1. The number of carbonyl (C=O) groups excluding carboxylic acids is 1. The minimum atomic E-state index is -1.18. The number of carbonyl (C=O) groups is 2. The highest BCUT2D eigenvalue weighted by Crippen LogP contribution is 2.13. The number of carboxylic acids is 1. The van der Waals surface area contributed by atoms with E-state index in [2.05, 4.69) is 10.3 Å². The summed E-state index contributed by atoms with van der Waals surface area (Å²) < 4.78 is 0. The van der Waals surface area contributed by atoms with Gasteiger partial charge in [-0.2, -0.15) is 0 Å². The molecule has 0 aliphatic carbocycles. The summed E-state index contributed by atoms with van der Waals surface area (Å²) in [6.07, 6.45) is 0. The van der Waals surface area contributed by atoms with Crippen LogP contribution in [-0.4, -0.2) is 22.0 Å². The predicted octanol–water partition coefficient (Wildman–Crippen LogP) is 0.931. The number of amides is 1. The number of benzene rings is 1. The maximum absolute atomic E-state index is 11.9. The monoisotopic (exact) mass is 272 g/mol. The number of aromatic amines is 1. The van der Waals surface area contributed by atoms with Crippen LogP contribution in [0.4, 0.5) is 0 Å². The van der Waals surface area contributed by atoms with Crippen LogP contribution in [0.15, 0.2) is 53.3 Å². The van der Waals surface area contributed by atoms with Gasteiger partial charge in [-0.25, -0.2) is 4.79 Å². The second-order valence-electron chi connectivity index (χ2n) is 4.08. The Labute approximate surface area is 114 Å². The molecule has 0 spiro atoms. The first kappa shape index (κ1) is 13.5. The fraction of sp³-hybridized carbons (Fsp3) is 0.0714. The number of hydrogen-bond acceptors (Lipinski definition) is 3. The van der Waals surface area contributed by atoms with Crippen LogP contribution in [0, 0.1) is 0 Å². The van der Waals surface area contributed by atoms with E-state index in [0.717, 1.165) is 0 Å². The van der Waals surface area contributed by atoms with Crippen molar-refractivity contribution < 1.29 is 14.7 Å². The summed E-state index contributed by atoms with van der Waals surface area (Å²) in [6.45, 7) is 0. The third-order valence-electron chi connectivity index (χ3n) is 2.67. The number of aromatic nitrogens is 1. The van der Waals surface area contributed by atoms with Crippen molar-refractivity contribution in [3.8, 4) is 0 Å². The van der Waals surface area contributed by atoms with E-state index in [4.69, 9.17) is 0 Å². The first-order valence-corrected chi connectivity index (χ1v) is 5.86. The Morgan fingerprint density at radius 2 is 1.75 bits per heavy atom. The summed E-state index contributed by atoms with van der Waals surface area (Å²) in [5.74, 6) is -1.83. The van der Waals surface area contributed by atoms with Gasteiger partial charge < -0.3 is 15.4 Å². The Balaban J connectivity index is 2.23. The Kier molecular flexibility index (Phi) is 3.95. The van der Waals surface area contributed by atoms with Gasteiger partial charge in [0.2, 0.25) is 5.56 Å². The second-order valence-corrected chi connectivity index (χ2v) is 4.08. The van der Waals surface area contributed by atoms with Gasteiger partial charge in [-0.05, 0) is 11.6 Å². The van der Waals surface area contributed by atoms with Gasteiger partial charge in [0.15, 0.2) is 6.04 Å². The zero-order valence-electron chi connectivity index (χ0n) is 10.4. The molecule has 102 valence electrons. The van der Waals surface area contributed by atoms with Crippen LogP contribution in [0.1, 0.15) is 22.1 Å². The van der Waals surface area contributed by atoms with Crippen molar-refractivity contribution >= 4 is 11.9 Å². The van der Waals surface area contributed by atoms with Crippen LogP contribution < -0.4 is 10.9 Å². The Hall–Kier alpha value is -2.89. The Morgan fingerprint density at radius 3 is 2.35 bits per heavy atom. The quantitative estimate of drug-likeness (QED) is 0.771. The van der Waals surface area contributed by atoms with Gasteiger partial charge in [-0.3, -0.25) is 9.59 Å². The van der Waals surface area contributed by atoms with E-state index in [0.29, 0.717) is 5.56 Å². The number of hydrogen-bond donors (Lipinski definition) is 3. The van der Waals surface area contributed by atoms with E-state index < -0.39 is 23.5 Å². The summed E-state index contributed by atoms with van der Waals surface area (Å²) >= 11 is 0. The molecule has 6 heteroatoms. The van der Waals surface area contributed by atoms with Crippen LogP contribution in [0.2, 0.25) is 0 Å². The fourth-order valence-corrected chi connectivity index (χ4v) is 1.72. The molecule has 1 amide bonds. The maximum Gasteiger partial charge on any atom is 0.330 e. The van der Waals surface area contributed by atoms with Crippen molar-refractivity contribution in [1.29, 1.82) is 0 Å². The van der Waals surface area contributed by atoms with Crippen LogP contribution in [0.5, 0.6) is 0 Å². The summed E-state index contributed by atoms with van der Waals surface area (Å²) in [7, 11) is 0. The van der Waals surface area contributed by atoms with Crippen molar-refractivity contribution in [1.82, 2.24) is 10.3 Å². The molecular formula is C14H12N2O4. The SMILES string of the molecule is O=C(N[C@H](C(=O)O)c1ccccc1)c1cccc(=O)[nH]1. The lowest BCUT2D eigenvalue weighted by atomic mass is 10.1. The molecule has 1 heterocycles. The number of nitrogens with one attached hydrogen (secondary N) is 2. The molecule has 6 nitrogen and oxygen atoms in total. The standard InChI is InChI=1S/C14H12N2O4/c17-11-8-4-7-10(15-11)13(18)16-12(14(19)20)9-5-2-1-3-6-9/h1-8,12H,(H,15,17)(H,16,18)(H,19,20)/t12-/m0/s1. The molecule has 1 atom stereocenters. The third-order valence-corrected chi connectivity index (χ3v) is 2.67. The van der Waals surface area contributed by atoms with Crippen LogP contribution in [0.25, 0.3) is 0 Å². The molecule has 2 aromatic rings. The highest BCUT2D eigenvalue weighted by atomic mass is 16.4. The number of rotatable bonds is 4. The second kappa shape index (κ2) is 5.83. The third kappa shape index (κ3) is 3.11. The predicted molar refractivity (Wildman–Crippen MR) is 71.3 cm³/mol. The van der Waals surface area contributed by atoms with Gasteiger partial charge in [-0.15, -0.1) is 0 Å². The molecule has 0 aliphatic rings. The first-order chi connectivity index (χ1) is 9.58. The molecule has 0 fully saturated rings. The molecular weight excluding hydrogens is 260 g/mol. The fourth-order valence-electron chi connectivity index (χ4n) is 1.72. The lowest BCUT2D eigenvalue weighted by molar-refractivity contribution is -0.139. The van der Waals surface area contributed by atoms with Gasteiger partial charge >= 0.3 is 5.97 Å². The van der Waals surface area contributed by atoms with E-state index in [1.165, 1.54) is 18.2 Å².